The molecule has 0 amide bonds. The fourth-order valence-electron chi connectivity index (χ4n) is 0.785. The van der Waals surface area contributed by atoms with Gasteiger partial charge in [-0.1, -0.05) is 18.2 Å². The van der Waals surface area contributed by atoms with E-state index in [4.69, 9.17) is 4.74 Å². The van der Waals surface area contributed by atoms with Crippen LogP contribution in [-0.2, 0) is 0 Å². The molecule has 0 aliphatic rings. The smallest absolute Gasteiger partial charge is 0.121 e. The highest BCUT2D eigenvalue weighted by Gasteiger charge is 1.90. The van der Waals surface area contributed by atoms with Gasteiger partial charge in [-0.2, -0.15) is 0 Å². The van der Waals surface area contributed by atoms with Crippen molar-refractivity contribution in [2.75, 3.05) is 7.11 Å². The SMILES string of the molecule is COc1ccccc1C.N. The van der Waals surface area contributed by atoms with Gasteiger partial charge >= 0.3 is 0 Å². The number of para-hydroxylation sites is 1. The maximum Gasteiger partial charge on any atom is 0.121 e. The van der Waals surface area contributed by atoms with Crippen LogP contribution in [0, 0.1) is 6.92 Å². The third kappa shape index (κ3) is 1.74. The predicted octanol–water partition coefficient (Wildman–Crippen LogP) is 2.17. The standard InChI is InChI=1S/C8H10O.H3N/c1-7-5-3-4-6-8(7)9-2;/h3-6H,1-2H3;1H3. The normalized spacial score (nSPS) is 8.20. The molecule has 0 heterocycles. The van der Waals surface area contributed by atoms with E-state index in [9.17, 15) is 0 Å². The number of hydrogen-bond acceptors (Lipinski definition) is 2. The van der Waals surface area contributed by atoms with Crippen molar-refractivity contribution in [1.29, 1.82) is 0 Å². The van der Waals surface area contributed by atoms with Gasteiger partial charge in [0.15, 0.2) is 0 Å². The Balaban J connectivity index is 0.000000810. The van der Waals surface area contributed by atoms with Gasteiger partial charge in [0, 0.05) is 0 Å². The zero-order valence-electron chi connectivity index (χ0n) is 6.42. The first kappa shape index (κ1) is 8.98. The molecule has 0 saturated heterocycles. The van der Waals surface area contributed by atoms with Crippen molar-refractivity contribution < 1.29 is 4.74 Å². The van der Waals surface area contributed by atoms with Crippen molar-refractivity contribution in [3.05, 3.63) is 29.8 Å². The number of aryl methyl sites for hydroxylation is 1. The summed E-state index contributed by atoms with van der Waals surface area (Å²) in [6, 6.07) is 7.94. The molecular weight excluding hydrogens is 126 g/mol. The predicted molar refractivity (Wildman–Crippen MR) is 42.8 cm³/mol. The van der Waals surface area contributed by atoms with E-state index >= 15 is 0 Å². The number of ether oxygens (including phenoxy) is 1. The van der Waals surface area contributed by atoms with Crippen LogP contribution in [-0.4, -0.2) is 7.11 Å². The number of hydrogen-bond donors (Lipinski definition) is 1. The van der Waals surface area contributed by atoms with E-state index in [1.807, 2.05) is 31.2 Å². The first-order chi connectivity index (χ1) is 4.34. The fourth-order valence-corrected chi connectivity index (χ4v) is 0.785. The van der Waals surface area contributed by atoms with Gasteiger partial charge in [-0.3, -0.25) is 0 Å². The Bertz CT molecular complexity index is 198. The molecule has 0 aliphatic carbocycles. The second-order valence-corrected chi connectivity index (χ2v) is 1.97. The van der Waals surface area contributed by atoms with E-state index in [0.29, 0.717) is 0 Å². The molecule has 2 nitrogen and oxygen atoms in total. The minimum Gasteiger partial charge on any atom is -0.496 e. The van der Waals surface area contributed by atoms with E-state index in [0.717, 1.165) is 5.75 Å². The molecule has 0 saturated carbocycles. The van der Waals surface area contributed by atoms with E-state index in [2.05, 4.69) is 0 Å². The Kier molecular flexibility index (Phi) is 3.51. The Hall–Kier alpha value is -1.02. The molecule has 1 aromatic carbocycles. The Morgan fingerprint density at radius 3 is 2.20 bits per heavy atom. The minimum atomic E-state index is 0. The molecule has 56 valence electrons. The second kappa shape index (κ2) is 3.90. The summed E-state index contributed by atoms with van der Waals surface area (Å²) in [4.78, 5) is 0. The van der Waals surface area contributed by atoms with Crippen molar-refractivity contribution >= 4 is 0 Å². The fraction of sp³-hybridized carbons (Fsp3) is 0.250. The highest BCUT2D eigenvalue weighted by Crippen LogP contribution is 2.14. The van der Waals surface area contributed by atoms with Crippen molar-refractivity contribution in [1.82, 2.24) is 6.15 Å². The molecule has 10 heavy (non-hydrogen) atoms. The zero-order valence-corrected chi connectivity index (χ0v) is 6.42. The van der Waals surface area contributed by atoms with Crippen LogP contribution in [0.2, 0.25) is 0 Å². The lowest BCUT2D eigenvalue weighted by Crippen LogP contribution is -1.84. The molecule has 0 bridgehead atoms. The highest BCUT2D eigenvalue weighted by atomic mass is 16.5. The first-order valence-corrected chi connectivity index (χ1v) is 2.94. The molecule has 0 radical (unpaired) electrons. The van der Waals surface area contributed by atoms with Crippen molar-refractivity contribution in [2.24, 2.45) is 0 Å². The average molecular weight is 139 g/mol. The third-order valence-electron chi connectivity index (χ3n) is 1.31. The molecule has 2 heteroatoms. The van der Waals surface area contributed by atoms with Crippen molar-refractivity contribution in [3.8, 4) is 5.75 Å². The molecule has 3 N–H and O–H groups in total. The van der Waals surface area contributed by atoms with E-state index < -0.39 is 0 Å². The van der Waals surface area contributed by atoms with Crippen molar-refractivity contribution in [3.63, 3.8) is 0 Å². The summed E-state index contributed by atoms with van der Waals surface area (Å²) in [5.41, 5.74) is 1.18. The summed E-state index contributed by atoms with van der Waals surface area (Å²) in [6.45, 7) is 2.03. The van der Waals surface area contributed by atoms with Gasteiger partial charge in [-0.15, -0.1) is 0 Å². The number of methoxy groups -OCH3 is 1. The monoisotopic (exact) mass is 139 g/mol. The Morgan fingerprint density at radius 2 is 1.80 bits per heavy atom. The van der Waals surface area contributed by atoms with Crippen LogP contribution in [0.1, 0.15) is 5.56 Å². The Morgan fingerprint density at radius 1 is 1.20 bits per heavy atom. The van der Waals surface area contributed by atoms with Gasteiger partial charge in [-0.05, 0) is 18.6 Å². The highest BCUT2D eigenvalue weighted by molar-refractivity contribution is 5.31. The first-order valence-electron chi connectivity index (χ1n) is 2.94. The lowest BCUT2D eigenvalue weighted by atomic mass is 10.2. The van der Waals surface area contributed by atoms with Crippen LogP contribution >= 0.6 is 0 Å². The van der Waals surface area contributed by atoms with Crippen LogP contribution in [0.4, 0.5) is 0 Å². The average Bonchev–Trinajstić information content (AvgIpc) is 1.89. The van der Waals surface area contributed by atoms with Crippen LogP contribution in [0.25, 0.3) is 0 Å². The van der Waals surface area contributed by atoms with Gasteiger partial charge in [0.25, 0.3) is 0 Å². The number of benzene rings is 1. The van der Waals surface area contributed by atoms with Gasteiger partial charge in [0.05, 0.1) is 7.11 Å². The maximum absolute atomic E-state index is 5.04. The van der Waals surface area contributed by atoms with Gasteiger partial charge in [0.2, 0.25) is 0 Å². The van der Waals surface area contributed by atoms with Crippen LogP contribution < -0.4 is 10.9 Å². The summed E-state index contributed by atoms with van der Waals surface area (Å²) in [5.74, 6) is 0.956. The van der Waals surface area contributed by atoms with Crippen molar-refractivity contribution in [2.45, 2.75) is 6.92 Å². The molecule has 1 rings (SSSR count). The van der Waals surface area contributed by atoms with Gasteiger partial charge in [0.1, 0.15) is 5.75 Å². The molecular formula is C8H13NO. The summed E-state index contributed by atoms with van der Waals surface area (Å²) < 4.78 is 5.04. The third-order valence-corrected chi connectivity index (χ3v) is 1.31. The van der Waals surface area contributed by atoms with Crippen LogP contribution in [0.5, 0.6) is 5.75 Å². The lowest BCUT2D eigenvalue weighted by molar-refractivity contribution is 0.411. The van der Waals surface area contributed by atoms with Crippen LogP contribution in [0.3, 0.4) is 0 Å². The molecule has 0 atom stereocenters. The topological polar surface area (TPSA) is 44.2 Å². The maximum atomic E-state index is 5.04. The summed E-state index contributed by atoms with van der Waals surface area (Å²) in [7, 11) is 1.68. The van der Waals surface area contributed by atoms with Crippen LogP contribution in [0.15, 0.2) is 24.3 Å². The minimum absolute atomic E-state index is 0. The summed E-state index contributed by atoms with van der Waals surface area (Å²) >= 11 is 0. The second-order valence-electron chi connectivity index (χ2n) is 1.97. The van der Waals surface area contributed by atoms with Gasteiger partial charge in [-0.25, -0.2) is 0 Å². The zero-order chi connectivity index (χ0) is 6.69. The van der Waals surface area contributed by atoms with E-state index in [-0.39, 0.29) is 6.15 Å². The number of rotatable bonds is 1. The lowest BCUT2D eigenvalue weighted by Gasteiger charge is -2.00. The quantitative estimate of drug-likeness (QED) is 0.648. The molecule has 1 aromatic rings. The molecule has 0 spiro atoms. The van der Waals surface area contributed by atoms with Gasteiger partial charge < -0.3 is 10.9 Å². The largest absolute Gasteiger partial charge is 0.496 e. The van der Waals surface area contributed by atoms with E-state index in [1.54, 1.807) is 7.11 Å². The molecule has 0 fully saturated rings. The van der Waals surface area contributed by atoms with E-state index in [1.165, 1.54) is 5.56 Å². The summed E-state index contributed by atoms with van der Waals surface area (Å²) in [6.07, 6.45) is 0. The molecule has 0 aliphatic heterocycles. The molecule has 0 unspecified atom stereocenters. The molecule has 0 aromatic heterocycles. The Labute approximate surface area is 61.4 Å². The summed E-state index contributed by atoms with van der Waals surface area (Å²) in [5, 5.41) is 0.